The van der Waals surface area contributed by atoms with Gasteiger partial charge in [0.1, 0.15) is 11.5 Å². The highest BCUT2D eigenvalue weighted by Gasteiger charge is 2.26. The van der Waals surface area contributed by atoms with E-state index in [0.717, 1.165) is 36.3 Å². The number of anilines is 1. The van der Waals surface area contributed by atoms with E-state index in [0.29, 0.717) is 41.6 Å². The van der Waals surface area contributed by atoms with Gasteiger partial charge in [-0.3, -0.25) is 4.79 Å². The summed E-state index contributed by atoms with van der Waals surface area (Å²) in [6.07, 6.45) is 3.65. The first kappa shape index (κ1) is 25.1. The lowest BCUT2D eigenvalue weighted by Crippen LogP contribution is -2.44. The summed E-state index contributed by atoms with van der Waals surface area (Å²) in [5.41, 5.74) is 2.13. The van der Waals surface area contributed by atoms with Gasteiger partial charge in [-0.1, -0.05) is 37.1 Å². The van der Waals surface area contributed by atoms with Crippen LogP contribution in [0.5, 0.6) is 0 Å². The van der Waals surface area contributed by atoms with Crippen LogP contribution >= 0.6 is 22.9 Å². The summed E-state index contributed by atoms with van der Waals surface area (Å²) in [7, 11) is 0. The van der Waals surface area contributed by atoms with E-state index < -0.39 is 5.82 Å². The number of nitrogens with one attached hydrogen (secondary N) is 2. The summed E-state index contributed by atoms with van der Waals surface area (Å²) in [6, 6.07) is 11.2. The average Bonchev–Trinajstić information content (AvgIpc) is 3.36. The molecule has 1 aliphatic heterocycles. The Labute approximate surface area is 213 Å². The number of nitrogens with zero attached hydrogens (tertiary/aromatic N) is 2. The van der Waals surface area contributed by atoms with Gasteiger partial charge in [-0.05, 0) is 55.2 Å². The normalized spacial score (nSPS) is 14.1. The van der Waals surface area contributed by atoms with E-state index in [2.05, 4.69) is 22.5 Å². The number of carbonyl (C=O) groups excluding carboxylic acids is 2. The van der Waals surface area contributed by atoms with Crippen LogP contribution in [0.15, 0.2) is 47.8 Å². The molecule has 35 heavy (non-hydrogen) atoms. The van der Waals surface area contributed by atoms with E-state index in [9.17, 15) is 14.0 Å². The highest BCUT2D eigenvalue weighted by atomic mass is 35.5. The first-order valence-electron chi connectivity index (χ1n) is 11.8. The molecule has 4 rings (SSSR count). The van der Waals surface area contributed by atoms with E-state index in [1.54, 1.807) is 35.7 Å². The fourth-order valence-corrected chi connectivity index (χ4v) is 5.17. The molecule has 2 heterocycles. The topological polar surface area (TPSA) is 74.3 Å². The Kier molecular flexibility index (Phi) is 8.36. The number of aromatic nitrogens is 1. The second-order valence-electron chi connectivity index (χ2n) is 8.57. The molecular weight excluding hydrogens is 487 g/mol. The molecule has 184 valence electrons. The summed E-state index contributed by atoms with van der Waals surface area (Å²) in [5.74, 6) is -0.520. The van der Waals surface area contributed by atoms with Gasteiger partial charge in [-0.25, -0.2) is 14.2 Å². The number of halogens is 2. The number of carbonyl (C=O) groups is 2. The van der Waals surface area contributed by atoms with Crippen molar-refractivity contribution in [1.29, 1.82) is 0 Å². The predicted molar refractivity (Wildman–Crippen MR) is 139 cm³/mol. The second-order valence-corrected chi connectivity index (χ2v) is 9.89. The molecule has 2 N–H and O–H groups in total. The number of amides is 3. The monoisotopic (exact) mass is 514 g/mol. The first-order valence-corrected chi connectivity index (χ1v) is 13.1. The van der Waals surface area contributed by atoms with E-state index in [1.165, 1.54) is 23.5 Å². The predicted octanol–water partition coefficient (Wildman–Crippen LogP) is 6.54. The number of thiazole rings is 1. The molecular formula is C26H28ClFN4O2S. The van der Waals surface area contributed by atoms with Crippen molar-refractivity contribution in [3.63, 3.8) is 0 Å². The first-order chi connectivity index (χ1) is 16.9. The SMILES string of the molecule is CCCCNC(=O)N1CCC(c2nc(C(=O)Nc3ccc(F)cc3-c3ccc(Cl)cc3)cs2)CC1. The average molecular weight is 515 g/mol. The van der Waals surface area contributed by atoms with Crippen LogP contribution in [0.25, 0.3) is 11.1 Å². The number of benzene rings is 2. The number of unbranched alkanes of at least 4 members (excludes halogenated alkanes) is 1. The van der Waals surface area contributed by atoms with Gasteiger partial charge in [0.15, 0.2) is 0 Å². The maximum atomic E-state index is 14.0. The molecule has 6 nitrogen and oxygen atoms in total. The number of likely N-dealkylation sites (tertiary alicyclic amines) is 1. The van der Waals surface area contributed by atoms with Crippen molar-refractivity contribution in [3.8, 4) is 11.1 Å². The van der Waals surface area contributed by atoms with Crippen molar-refractivity contribution in [2.75, 3.05) is 25.0 Å². The van der Waals surface area contributed by atoms with Crippen molar-refractivity contribution in [1.82, 2.24) is 15.2 Å². The van der Waals surface area contributed by atoms with Crippen LogP contribution in [0.4, 0.5) is 14.9 Å². The van der Waals surface area contributed by atoms with Gasteiger partial charge in [-0.15, -0.1) is 11.3 Å². The fourth-order valence-electron chi connectivity index (χ4n) is 4.07. The molecule has 0 atom stereocenters. The third kappa shape index (κ3) is 6.38. The molecule has 0 radical (unpaired) electrons. The number of hydrogen-bond donors (Lipinski definition) is 2. The summed E-state index contributed by atoms with van der Waals surface area (Å²) in [4.78, 5) is 31.7. The van der Waals surface area contributed by atoms with Gasteiger partial charge in [0, 0.05) is 47.2 Å². The minimum Gasteiger partial charge on any atom is -0.338 e. The maximum absolute atomic E-state index is 14.0. The van der Waals surface area contributed by atoms with E-state index in [4.69, 9.17) is 11.6 Å². The van der Waals surface area contributed by atoms with Crippen LogP contribution in [0.3, 0.4) is 0 Å². The lowest BCUT2D eigenvalue weighted by atomic mass is 9.98. The lowest BCUT2D eigenvalue weighted by molar-refractivity contribution is 0.102. The quantitative estimate of drug-likeness (QED) is 0.351. The molecule has 1 aromatic heterocycles. The second kappa shape index (κ2) is 11.6. The third-order valence-corrected chi connectivity index (χ3v) is 7.34. The maximum Gasteiger partial charge on any atom is 0.317 e. The molecule has 3 aromatic rings. The molecule has 0 aliphatic carbocycles. The van der Waals surface area contributed by atoms with Crippen LogP contribution in [-0.2, 0) is 0 Å². The van der Waals surface area contributed by atoms with Gasteiger partial charge in [0.05, 0.1) is 5.01 Å². The Hall–Kier alpha value is -2.97. The third-order valence-electron chi connectivity index (χ3n) is 6.08. The standard InChI is InChI=1S/C26H28ClFN4O2S/c1-2-3-12-29-26(34)32-13-10-18(11-14-32)25-31-23(16-35-25)24(33)30-22-9-8-20(28)15-21(22)17-4-6-19(27)7-5-17/h4-9,15-16,18H,2-3,10-14H2,1H3,(H,29,34)(H,30,33). The largest absolute Gasteiger partial charge is 0.338 e. The summed E-state index contributed by atoms with van der Waals surface area (Å²) >= 11 is 7.44. The van der Waals surface area contributed by atoms with Gasteiger partial charge >= 0.3 is 6.03 Å². The van der Waals surface area contributed by atoms with Gasteiger partial charge in [0.2, 0.25) is 0 Å². The summed E-state index contributed by atoms with van der Waals surface area (Å²) < 4.78 is 14.0. The Bertz CT molecular complexity index is 1180. The summed E-state index contributed by atoms with van der Waals surface area (Å²) in [6.45, 7) is 4.14. The molecule has 0 bridgehead atoms. The highest BCUT2D eigenvalue weighted by molar-refractivity contribution is 7.10. The van der Waals surface area contributed by atoms with Crippen molar-refractivity contribution >= 4 is 40.6 Å². The number of rotatable bonds is 7. The van der Waals surface area contributed by atoms with Crippen molar-refractivity contribution in [2.24, 2.45) is 0 Å². The van der Waals surface area contributed by atoms with Gasteiger partial charge in [-0.2, -0.15) is 0 Å². The molecule has 3 amide bonds. The zero-order chi connectivity index (χ0) is 24.8. The summed E-state index contributed by atoms with van der Waals surface area (Å²) in [5, 5.41) is 9.07. The van der Waals surface area contributed by atoms with Crippen LogP contribution in [0.2, 0.25) is 5.02 Å². The number of piperidine rings is 1. The Morgan fingerprint density at radius 3 is 2.63 bits per heavy atom. The van der Waals surface area contributed by atoms with Gasteiger partial charge < -0.3 is 15.5 Å². The Morgan fingerprint density at radius 1 is 1.17 bits per heavy atom. The number of urea groups is 1. The zero-order valence-corrected chi connectivity index (χ0v) is 21.1. The van der Waals surface area contributed by atoms with E-state index in [-0.39, 0.29) is 17.9 Å². The minimum absolute atomic E-state index is 0.00750. The van der Waals surface area contributed by atoms with Crippen LogP contribution < -0.4 is 10.6 Å². The van der Waals surface area contributed by atoms with Crippen molar-refractivity contribution in [2.45, 2.75) is 38.5 Å². The number of hydrogen-bond acceptors (Lipinski definition) is 4. The fraction of sp³-hybridized carbons (Fsp3) is 0.346. The van der Waals surface area contributed by atoms with E-state index in [1.807, 2.05) is 4.90 Å². The Morgan fingerprint density at radius 2 is 1.91 bits per heavy atom. The van der Waals surface area contributed by atoms with Crippen molar-refractivity contribution < 1.29 is 14.0 Å². The molecule has 1 saturated heterocycles. The molecule has 1 aliphatic rings. The van der Waals surface area contributed by atoms with Crippen LogP contribution in [0.1, 0.15) is 54.0 Å². The Balaban J connectivity index is 1.39. The van der Waals surface area contributed by atoms with E-state index >= 15 is 0 Å². The molecule has 0 saturated carbocycles. The van der Waals surface area contributed by atoms with Crippen LogP contribution in [-0.4, -0.2) is 41.5 Å². The van der Waals surface area contributed by atoms with Crippen LogP contribution in [0, 0.1) is 5.82 Å². The molecule has 2 aromatic carbocycles. The zero-order valence-electron chi connectivity index (χ0n) is 19.5. The molecule has 0 unspecified atom stereocenters. The minimum atomic E-state index is -0.394. The highest BCUT2D eigenvalue weighted by Crippen LogP contribution is 2.32. The lowest BCUT2D eigenvalue weighted by Gasteiger charge is -2.31. The molecule has 0 spiro atoms. The molecule has 1 fully saturated rings. The van der Waals surface area contributed by atoms with Crippen molar-refractivity contribution in [3.05, 3.63) is 69.4 Å². The van der Waals surface area contributed by atoms with Gasteiger partial charge in [0.25, 0.3) is 5.91 Å². The molecule has 9 heteroatoms. The smallest absolute Gasteiger partial charge is 0.317 e.